The standard InChI is InChI=1S/C18H23N3O2S/c1-13-6-4-5-7-14(13)16-8-9-21(10-11-24-16)18(22)15-12-20(2)19-17(15)23-3/h4-7,12,16H,8-11H2,1-3H3/t16-/m1/s1. The van der Waals surface area contributed by atoms with Crippen LogP contribution in [-0.4, -0.2) is 46.5 Å². The largest absolute Gasteiger partial charge is 0.479 e. The zero-order chi connectivity index (χ0) is 17.1. The summed E-state index contributed by atoms with van der Waals surface area (Å²) in [5.41, 5.74) is 3.25. The fourth-order valence-electron chi connectivity index (χ4n) is 3.11. The molecule has 5 nitrogen and oxygen atoms in total. The molecule has 2 heterocycles. The first-order valence-electron chi connectivity index (χ1n) is 8.14. The fraction of sp³-hybridized carbons (Fsp3) is 0.444. The molecule has 24 heavy (non-hydrogen) atoms. The number of amides is 1. The number of aromatic nitrogens is 2. The first-order chi connectivity index (χ1) is 11.6. The SMILES string of the molecule is COc1nn(C)cc1C(=O)N1CCS[C@@H](c2ccccc2C)CC1. The van der Waals surface area contributed by atoms with Crippen LogP contribution in [0.15, 0.2) is 30.5 Å². The van der Waals surface area contributed by atoms with Gasteiger partial charge in [-0.15, -0.1) is 5.10 Å². The second kappa shape index (κ2) is 7.30. The van der Waals surface area contributed by atoms with Crippen LogP contribution in [0.25, 0.3) is 0 Å². The summed E-state index contributed by atoms with van der Waals surface area (Å²) in [6, 6.07) is 8.53. The van der Waals surface area contributed by atoms with Gasteiger partial charge in [0, 0.05) is 37.3 Å². The fourth-order valence-corrected chi connectivity index (χ4v) is 4.43. The lowest BCUT2D eigenvalue weighted by atomic mass is 10.0. The van der Waals surface area contributed by atoms with Crippen LogP contribution in [0.2, 0.25) is 0 Å². The Labute approximate surface area is 147 Å². The van der Waals surface area contributed by atoms with Gasteiger partial charge < -0.3 is 9.64 Å². The quantitative estimate of drug-likeness (QED) is 0.858. The summed E-state index contributed by atoms with van der Waals surface area (Å²) in [5.74, 6) is 1.34. The van der Waals surface area contributed by atoms with Crippen molar-refractivity contribution < 1.29 is 9.53 Å². The van der Waals surface area contributed by atoms with Crippen LogP contribution in [0.3, 0.4) is 0 Å². The minimum atomic E-state index is 0.00554. The molecule has 0 unspecified atom stereocenters. The molecule has 1 aliphatic rings. The van der Waals surface area contributed by atoms with Crippen molar-refractivity contribution in [1.29, 1.82) is 0 Å². The van der Waals surface area contributed by atoms with Crippen LogP contribution in [0.4, 0.5) is 0 Å². The first-order valence-corrected chi connectivity index (χ1v) is 9.19. The highest BCUT2D eigenvalue weighted by Gasteiger charge is 2.26. The summed E-state index contributed by atoms with van der Waals surface area (Å²) in [7, 11) is 3.34. The van der Waals surface area contributed by atoms with Gasteiger partial charge in [0.15, 0.2) is 0 Å². The highest BCUT2D eigenvalue weighted by Crippen LogP contribution is 2.36. The van der Waals surface area contributed by atoms with Gasteiger partial charge in [0.2, 0.25) is 5.88 Å². The Hall–Kier alpha value is -1.95. The van der Waals surface area contributed by atoms with E-state index in [9.17, 15) is 4.79 Å². The third kappa shape index (κ3) is 3.43. The second-order valence-corrected chi connectivity index (χ2v) is 7.33. The third-order valence-corrected chi connectivity index (χ3v) is 5.69. The van der Waals surface area contributed by atoms with E-state index >= 15 is 0 Å². The molecule has 1 fully saturated rings. The number of methoxy groups -OCH3 is 1. The van der Waals surface area contributed by atoms with E-state index in [0.717, 1.165) is 25.3 Å². The summed E-state index contributed by atoms with van der Waals surface area (Å²) in [6.45, 7) is 3.66. The molecule has 0 saturated carbocycles. The number of carbonyl (C=O) groups is 1. The van der Waals surface area contributed by atoms with Gasteiger partial charge in [-0.3, -0.25) is 9.48 Å². The van der Waals surface area contributed by atoms with Crippen LogP contribution in [0.1, 0.15) is 33.2 Å². The molecule has 1 saturated heterocycles. The molecule has 6 heteroatoms. The minimum Gasteiger partial charge on any atom is -0.479 e. The summed E-state index contributed by atoms with van der Waals surface area (Å²) in [4.78, 5) is 14.8. The molecule has 0 aliphatic carbocycles. The van der Waals surface area contributed by atoms with Crippen molar-refractivity contribution in [3.63, 3.8) is 0 Å². The Morgan fingerprint density at radius 2 is 2.12 bits per heavy atom. The number of ether oxygens (including phenoxy) is 1. The Bertz CT molecular complexity index is 729. The van der Waals surface area contributed by atoms with E-state index in [4.69, 9.17) is 4.74 Å². The van der Waals surface area contributed by atoms with E-state index in [1.165, 1.54) is 11.1 Å². The lowest BCUT2D eigenvalue weighted by Crippen LogP contribution is -2.33. The van der Waals surface area contributed by atoms with Gasteiger partial charge in [-0.05, 0) is 24.5 Å². The predicted octanol–water partition coefficient (Wildman–Crippen LogP) is 3.06. The summed E-state index contributed by atoms with van der Waals surface area (Å²) < 4.78 is 6.85. The molecule has 1 aromatic heterocycles. The van der Waals surface area contributed by atoms with Gasteiger partial charge in [0.05, 0.1) is 7.11 Å². The average Bonchev–Trinajstić information content (AvgIpc) is 2.80. The molecule has 1 aromatic carbocycles. The second-order valence-electron chi connectivity index (χ2n) is 6.02. The Morgan fingerprint density at radius 1 is 1.33 bits per heavy atom. The monoisotopic (exact) mass is 345 g/mol. The number of thioether (sulfide) groups is 1. The average molecular weight is 345 g/mol. The molecule has 1 aliphatic heterocycles. The number of rotatable bonds is 3. The molecule has 1 atom stereocenters. The van der Waals surface area contributed by atoms with Gasteiger partial charge in [0.25, 0.3) is 5.91 Å². The van der Waals surface area contributed by atoms with Crippen molar-refractivity contribution in [3.05, 3.63) is 47.2 Å². The lowest BCUT2D eigenvalue weighted by Gasteiger charge is -2.20. The number of hydrogen-bond acceptors (Lipinski definition) is 4. The van der Waals surface area contributed by atoms with E-state index in [0.29, 0.717) is 16.7 Å². The number of nitrogens with zero attached hydrogens (tertiary/aromatic N) is 3. The minimum absolute atomic E-state index is 0.00554. The van der Waals surface area contributed by atoms with Gasteiger partial charge in [0.1, 0.15) is 5.56 Å². The zero-order valence-corrected chi connectivity index (χ0v) is 15.2. The van der Waals surface area contributed by atoms with Crippen LogP contribution in [0.5, 0.6) is 5.88 Å². The van der Waals surface area contributed by atoms with Crippen molar-refractivity contribution in [2.45, 2.75) is 18.6 Å². The summed E-state index contributed by atoms with van der Waals surface area (Å²) >= 11 is 1.94. The summed E-state index contributed by atoms with van der Waals surface area (Å²) in [5, 5.41) is 4.63. The number of benzene rings is 1. The maximum Gasteiger partial charge on any atom is 0.261 e. The predicted molar refractivity (Wildman–Crippen MR) is 96.7 cm³/mol. The van der Waals surface area contributed by atoms with Gasteiger partial charge >= 0.3 is 0 Å². The smallest absolute Gasteiger partial charge is 0.261 e. The van der Waals surface area contributed by atoms with E-state index in [1.807, 2.05) is 16.7 Å². The highest BCUT2D eigenvalue weighted by atomic mass is 32.2. The van der Waals surface area contributed by atoms with Crippen LogP contribution in [-0.2, 0) is 7.05 Å². The Kier molecular flexibility index (Phi) is 5.14. The van der Waals surface area contributed by atoms with Crippen molar-refractivity contribution in [1.82, 2.24) is 14.7 Å². The molecule has 1 amide bonds. The van der Waals surface area contributed by atoms with Crippen molar-refractivity contribution in [3.8, 4) is 5.88 Å². The zero-order valence-electron chi connectivity index (χ0n) is 14.4. The molecular formula is C18H23N3O2S. The Morgan fingerprint density at radius 3 is 2.88 bits per heavy atom. The van der Waals surface area contributed by atoms with Gasteiger partial charge in [-0.25, -0.2) is 0 Å². The number of carbonyl (C=O) groups excluding carboxylic acids is 1. The van der Waals surface area contributed by atoms with E-state index in [2.05, 4.69) is 36.3 Å². The molecule has 0 spiro atoms. The van der Waals surface area contributed by atoms with Crippen LogP contribution in [0, 0.1) is 6.92 Å². The van der Waals surface area contributed by atoms with Gasteiger partial charge in [-0.2, -0.15) is 11.8 Å². The van der Waals surface area contributed by atoms with Crippen LogP contribution >= 0.6 is 11.8 Å². The molecule has 0 radical (unpaired) electrons. The molecule has 2 aromatic rings. The van der Waals surface area contributed by atoms with Gasteiger partial charge in [-0.1, -0.05) is 24.3 Å². The maximum absolute atomic E-state index is 12.8. The molecule has 128 valence electrons. The first kappa shape index (κ1) is 16.9. The normalized spacial score (nSPS) is 18.3. The lowest BCUT2D eigenvalue weighted by molar-refractivity contribution is 0.0763. The van der Waals surface area contributed by atoms with E-state index in [-0.39, 0.29) is 5.91 Å². The molecule has 0 N–H and O–H groups in total. The van der Waals surface area contributed by atoms with E-state index < -0.39 is 0 Å². The topological polar surface area (TPSA) is 47.4 Å². The summed E-state index contributed by atoms with van der Waals surface area (Å²) in [6.07, 6.45) is 2.70. The molecular weight excluding hydrogens is 322 g/mol. The molecule has 3 rings (SSSR count). The third-order valence-electron chi connectivity index (χ3n) is 4.38. The Balaban J connectivity index is 1.73. The number of hydrogen-bond donors (Lipinski definition) is 0. The highest BCUT2D eigenvalue weighted by molar-refractivity contribution is 7.99. The van der Waals surface area contributed by atoms with Crippen molar-refractivity contribution in [2.75, 3.05) is 26.0 Å². The van der Waals surface area contributed by atoms with Crippen LogP contribution < -0.4 is 4.74 Å². The van der Waals surface area contributed by atoms with Crippen molar-refractivity contribution in [2.24, 2.45) is 7.05 Å². The molecule has 0 bridgehead atoms. The number of aryl methyl sites for hydroxylation is 2. The maximum atomic E-state index is 12.8. The van der Waals surface area contributed by atoms with Crippen molar-refractivity contribution >= 4 is 17.7 Å². The van der Waals surface area contributed by atoms with E-state index in [1.54, 1.807) is 25.0 Å².